The van der Waals surface area contributed by atoms with Crippen molar-refractivity contribution < 1.29 is 24.2 Å². The van der Waals surface area contributed by atoms with Crippen molar-refractivity contribution in [2.24, 2.45) is 0 Å². The number of carbonyl (C=O) groups excluding carboxylic acids is 2. The molecule has 33 heavy (non-hydrogen) atoms. The van der Waals surface area contributed by atoms with Crippen LogP contribution >= 0.6 is 0 Å². The first kappa shape index (κ1) is 22.1. The van der Waals surface area contributed by atoms with Crippen LogP contribution in [0, 0.1) is 13.8 Å². The number of Topliss-reactive ketones (excluding diaryl/α,β-unsaturated/α-hetero) is 1. The van der Waals surface area contributed by atoms with Crippen LogP contribution in [0.15, 0.2) is 72.3 Å². The molecule has 0 bridgehead atoms. The van der Waals surface area contributed by atoms with Gasteiger partial charge in [0.1, 0.15) is 17.3 Å². The van der Waals surface area contributed by atoms with Crippen LogP contribution in [0.2, 0.25) is 0 Å². The Kier molecular flexibility index (Phi) is 5.92. The molecular formula is C27H25NO5. The van der Waals surface area contributed by atoms with Gasteiger partial charge in [-0.3, -0.25) is 14.5 Å². The van der Waals surface area contributed by atoms with Gasteiger partial charge in [0, 0.05) is 11.8 Å². The van der Waals surface area contributed by atoms with E-state index in [9.17, 15) is 14.7 Å². The number of nitrogens with zero attached hydrogens (tertiary/aromatic N) is 1. The molecule has 3 aromatic carbocycles. The first-order valence-corrected chi connectivity index (χ1v) is 10.5. The van der Waals surface area contributed by atoms with Crippen molar-refractivity contribution in [3.63, 3.8) is 0 Å². The number of aliphatic hydroxyl groups excluding tert-OH is 1. The molecule has 0 radical (unpaired) electrons. The highest BCUT2D eigenvalue weighted by atomic mass is 16.5. The Balaban J connectivity index is 2.00. The van der Waals surface area contributed by atoms with E-state index in [0.717, 1.165) is 11.1 Å². The summed E-state index contributed by atoms with van der Waals surface area (Å²) in [7, 11) is 3.03. The van der Waals surface area contributed by atoms with Gasteiger partial charge in [-0.2, -0.15) is 0 Å². The van der Waals surface area contributed by atoms with E-state index in [4.69, 9.17) is 9.47 Å². The lowest BCUT2D eigenvalue weighted by Crippen LogP contribution is -2.29. The number of benzene rings is 3. The average Bonchev–Trinajstić information content (AvgIpc) is 3.09. The quantitative estimate of drug-likeness (QED) is 0.343. The minimum atomic E-state index is -0.817. The molecule has 1 amide bonds. The molecule has 1 aliphatic rings. The van der Waals surface area contributed by atoms with Gasteiger partial charge in [-0.05, 0) is 43.7 Å². The second kappa shape index (κ2) is 8.82. The molecule has 1 saturated heterocycles. The maximum Gasteiger partial charge on any atom is 0.300 e. The number of ketones is 1. The minimum absolute atomic E-state index is 0.0114. The molecule has 6 nitrogen and oxygen atoms in total. The zero-order valence-corrected chi connectivity index (χ0v) is 19.0. The smallest absolute Gasteiger partial charge is 0.300 e. The first-order chi connectivity index (χ1) is 15.8. The minimum Gasteiger partial charge on any atom is -0.507 e. The number of hydrogen-bond acceptors (Lipinski definition) is 5. The lowest BCUT2D eigenvalue weighted by Gasteiger charge is -2.26. The molecule has 1 N–H and O–H groups in total. The van der Waals surface area contributed by atoms with Crippen LogP contribution in [0.3, 0.4) is 0 Å². The first-order valence-electron chi connectivity index (χ1n) is 10.5. The van der Waals surface area contributed by atoms with E-state index in [1.807, 2.05) is 44.2 Å². The van der Waals surface area contributed by atoms with Crippen LogP contribution in [0.5, 0.6) is 11.5 Å². The van der Waals surface area contributed by atoms with Crippen molar-refractivity contribution >= 4 is 23.1 Å². The largest absolute Gasteiger partial charge is 0.507 e. The topological polar surface area (TPSA) is 76.1 Å². The second-order valence-corrected chi connectivity index (χ2v) is 7.99. The molecule has 3 aromatic rings. The van der Waals surface area contributed by atoms with Gasteiger partial charge in [-0.1, -0.05) is 47.5 Å². The molecule has 1 atom stereocenters. The monoisotopic (exact) mass is 443 g/mol. The fourth-order valence-corrected chi connectivity index (χ4v) is 4.17. The van der Waals surface area contributed by atoms with E-state index < -0.39 is 17.7 Å². The highest BCUT2D eigenvalue weighted by Crippen LogP contribution is 2.44. The normalized spacial score (nSPS) is 17.3. The van der Waals surface area contributed by atoms with Crippen molar-refractivity contribution in [2.75, 3.05) is 19.1 Å². The molecular weight excluding hydrogens is 418 g/mol. The van der Waals surface area contributed by atoms with Crippen molar-refractivity contribution in [3.8, 4) is 11.5 Å². The summed E-state index contributed by atoms with van der Waals surface area (Å²) in [6.07, 6.45) is 0. The molecule has 0 aliphatic carbocycles. The molecule has 0 aromatic heterocycles. The Hall–Kier alpha value is -4.06. The third-order valence-electron chi connectivity index (χ3n) is 5.74. The SMILES string of the molecule is COc1cccc(N2C(=O)C(=O)/C(=C(/O)c3cc(C)ccc3OC)C2c2cccc(C)c2)c1. The molecule has 1 unspecified atom stereocenters. The molecule has 4 rings (SSSR count). The number of carbonyl (C=O) groups is 2. The summed E-state index contributed by atoms with van der Waals surface area (Å²) >= 11 is 0. The Morgan fingerprint density at radius 1 is 0.879 bits per heavy atom. The Bertz CT molecular complexity index is 1280. The lowest BCUT2D eigenvalue weighted by atomic mass is 9.93. The van der Waals surface area contributed by atoms with E-state index in [1.165, 1.54) is 19.1 Å². The molecule has 6 heteroatoms. The standard InChI is InChI=1S/C27H25NO5/c1-16-7-5-8-18(13-16)24-23(25(29)21-14-17(2)11-12-22(21)33-4)26(30)27(31)28(24)19-9-6-10-20(15-19)32-3/h5-15,24,29H,1-4H3/b25-23+. The number of rotatable bonds is 5. The summed E-state index contributed by atoms with van der Waals surface area (Å²) in [5, 5.41) is 11.4. The zero-order chi connectivity index (χ0) is 23.7. The van der Waals surface area contributed by atoms with Crippen molar-refractivity contribution in [2.45, 2.75) is 19.9 Å². The fourth-order valence-electron chi connectivity index (χ4n) is 4.17. The summed E-state index contributed by atoms with van der Waals surface area (Å²) in [5.74, 6) is -0.787. The second-order valence-electron chi connectivity index (χ2n) is 7.99. The third-order valence-corrected chi connectivity index (χ3v) is 5.74. The molecule has 1 fully saturated rings. The summed E-state index contributed by atoms with van der Waals surface area (Å²) < 4.78 is 10.7. The number of anilines is 1. The highest BCUT2D eigenvalue weighted by molar-refractivity contribution is 6.51. The maximum absolute atomic E-state index is 13.3. The molecule has 0 saturated carbocycles. The Labute approximate surface area is 192 Å². The van der Waals surface area contributed by atoms with Crippen molar-refractivity contribution in [3.05, 3.63) is 94.6 Å². The molecule has 1 heterocycles. The number of hydrogen-bond donors (Lipinski definition) is 1. The van der Waals surface area contributed by atoms with Gasteiger partial charge in [0.15, 0.2) is 0 Å². The van der Waals surface area contributed by atoms with E-state index in [0.29, 0.717) is 28.3 Å². The van der Waals surface area contributed by atoms with E-state index in [1.54, 1.807) is 36.4 Å². The predicted molar refractivity (Wildman–Crippen MR) is 127 cm³/mol. The van der Waals surface area contributed by atoms with Crippen LogP contribution < -0.4 is 14.4 Å². The summed E-state index contributed by atoms with van der Waals surface area (Å²) in [6, 6.07) is 19.0. The third kappa shape index (κ3) is 3.96. The Morgan fingerprint density at radius 3 is 2.30 bits per heavy atom. The van der Waals surface area contributed by atoms with Crippen LogP contribution in [0.1, 0.15) is 28.3 Å². The van der Waals surface area contributed by atoms with Gasteiger partial charge in [0.05, 0.1) is 31.4 Å². The average molecular weight is 443 g/mol. The molecule has 168 valence electrons. The molecule has 1 aliphatic heterocycles. The van der Waals surface area contributed by atoms with E-state index in [2.05, 4.69) is 0 Å². The van der Waals surface area contributed by atoms with Gasteiger partial charge in [0.2, 0.25) is 0 Å². The summed E-state index contributed by atoms with van der Waals surface area (Å²) in [4.78, 5) is 28.0. The van der Waals surface area contributed by atoms with Crippen LogP contribution in [-0.4, -0.2) is 31.0 Å². The maximum atomic E-state index is 13.3. The van der Waals surface area contributed by atoms with Crippen molar-refractivity contribution in [1.29, 1.82) is 0 Å². The number of amides is 1. The van der Waals surface area contributed by atoms with E-state index in [-0.39, 0.29) is 11.3 Å². The van der Waals surface area contributed by atoms with Gasteiger partial charge in [0.25, 0.3) is 11.7 Å². The van der Waals surface area contributed by atoms with Gasteiger partial charge in [-0.25, -0.2) is 0 Å². The summed E-state index contributed by atoms with van der Waals surface area (Å²) in [5.41, 5.74) is 3.43. The van der Waals surface area contributed by atoms with Gasteiger partial charge in [-0.15, -0.1) is 0 Å². The van der Waals surface area contributed by atoms with Crippen LogP contribution in [-0.2, 0) is 9.59 Å². The highest BCUT2D eigenvalue weighted by Gasteiger charge is 2.47. The Morgan fingerprint density at radius 2 is 1.61 bits per heavy atom. The predicted octanol–water partition coefficient (Wildman–Crippen LogP) is 4.95. The van der Waals surface area contributed by atoms with Crippen LogP contribution in [0.4, 0.5) is 5.69 Å². The number of aliphatic hydroxyl groups is 1. The van der Waals surface area contributed by atoms with Gasteiger partial charge >= 0.3 is 0 Å². The lowest BCUT2D eigenvalue weighted by molar-refractivity contribution is -0.132. The summed E-state index contributed by atoms with van der Waals surface area (Å²) in [6.45, 7) is 3.81. The van der Waals surface area contributed by atoms with Crippen LogP contribution in [0.25, 0.3) is 5.76 Å². The zero-order valence-electron chi connectivity index (χ0n) is 19.0. The number of methoxy groups -OCH3 is 2. The number of aryl methyl sites for hydroxylation is 2. The van der Waals surface area contributed by atoms with E-state index >= 15 is 0 Å². The van der Waals surface area contributed by atoms with Gasteiger partial charge < -0.3 is 14.6 Å². The fraction of sp³-hybridized carbons (Fsp3) is 0.185. The molecule has 0 spiro atoms. The van der Waals surface area contributed by atoms with Crippen molar-refractivity contribution in [1.82, 2.24) is 0 Å². The number of ether oxygens (including phenoxy) is 2.